The number of phenolic OH excluding ortho intramolecular Hbond substituents is 1. The molecule has 1 aliphatic heterocycles. The van der Waals surface area contributed by atoms with Crippen LogP contribution in [-0.4, -0.2) is 28.1 Å². The maximum absolute atomic E-state index is 10.6. The summed E-state index contributed by atoms with van der Waals surface area (Å²) in [5.74, 6) is -0.456. The van der Waals surface area contributed by atoms with Gasteiger partial charge in [-0.15, -0.1) is 0 Å². The number of ether oxygens (including phenoxy) is 1. The van der Waals surface area contributed by atoms with Crippen LogP contribution in [0, 0.1) is 0 Å². The molecule has 0 saturated carbocycles. The molecule has 6 nitrogen and oxygen atoms in total. The largest absolute Gasteiger partial charge is 0.504 e. The van der Waals surface area contributed by atoms with Crippen LogP contribution < -0.4 is 10.1 Å². The van der Waals surface area contributed by atoms with E-state index in [2.05, 4.69) is 5.32 Å². The number of hydrogen-bond acceptors (Lipinski definition) is 4. The third-order valence-electron chi connectivity index (χ3n) is 3.56. The lowest BCUT2D eigenvalue weighted by Gasteiger charge is -2.18. The number of carboxylic acids is 1. The summed E-state index contributed by atoms with van der Waals surface area (Å²) in [6.45, 7) is 0. The summed E-state index contributed by atoms with van der Waals surface area (Å²) < 4.78 is 5.45. The van der Waals surface area contributed by atoms with Gasteiger partial charge in [-0.2, -0.15) is 0 Å². The number of phenols is 1. The molecule has 0 spiro atoms. The van der Waals surface area contributed by atoms with Crippen molar-refractivity contribution in [2.24, 2.45) is 0 Å². The van der Waals surface area contributed by atoms with Crippen LogP contribution in [-0.2, 0) is 9.59 Å². The van der Waals surface area contributed by atoms with Crippen molar-refractivity contribution in [1.82, 2.24) is 5.32 Å². The van der Waals surface area contributed by atoms with Gasteiger partial charge in [0.2, 0.25) is 5.91 Å². The lowest BCUT2D eigenvalue weighted by molar-refractivity contribution is -0.143. The monoisotopic (exact) mass is 431 g/mol. The quantitative estimate of drug-likeness (QED) is 0.642. The van der Waals surface area contributed by atoms with Gasteiger partial charge in [0.25, 0.3) is 0 Å². The first kappa shape index (κ1) is 21.2. The Kier molecular flexibility index (Phi) is 7.59. The van der Waals surface area contributed by atoms with Crippen molar-refractivity contribution in [3.8, 4) is 17.2 Å². The second-order valence-corrected chi connectivity index (χ2v) is 6.92. The minimum atomic E-state index is -0.937. The Morgan fingerprint density at radius 3 is 2.22 bits per heavy atom. The summed E-state index contributed by atoms with van der Waals surface area (Å²) in [4.78, 5) is 20.9. The molecular formula is C18H16Cl3NO5. The number of piperidine rings is 1. The van der Waals surface area contributed by atoms with E-state index in [1.54, 1.807) is 30.3 Å². The van der Waals surface area contributed by atoms with Gasteiger partial charge in [-0.05, 0) is 43.2 Å². The van der Waals surface area contributed by atoms with Gasteiger partial charge in [-0.1, -0.05) is 34.8 Å². The molecule has 2 aromatic rings. The van der Waals surface area contributed by atoms with Crippen molar-refractivity contribution < 1.29 is 24.5 Å². The number of carboxylic acid groups (broad SMARTS) is 1. The molecule has 1 unspecified atom stereocenters. The number of benzene rings is 2. The van der Waals surface area contributed by atoms with Crippen molar-refractivity contribution in [3.05, 3.63) is 51.5 Å². The molecule has 1 heterocycles. The van der Waals surface area contributed by atoms with E-state index >= 15 is 0 Å². The molecule has 1 aliphatic rings. The van der Waals surface area contributed by atoms with Crippen LogP contribution in [0.15, 0.2) is 36.4 Å². The molecule has 1 atom stereocenters. The highest BCUT2D eigenvalue weighted by Gasteiger charge is 2.23. The fraction of sp³-hybridized carbons (Fsp3) is 0.222. The number of carbonyl (C=O) groups excluding carboxylic acids is 1. The molecule has 3 rings (SSSR count). The number of aromatic hydroxyl groups is 1. The highest BCUT2D eigenvalue weighted by atomic mass is 35.5. The van der Waals surface area contributed by atoms with Crippen molar-refractivity contribution in [2.75, 3.05) is 0 Å². The Bertz CT molecular complexity index is 792. The van der Waals surface area contributed by atoms with Gasteiger partial charge in [-0.3, -0.25) is 4.79 Å². The van der Waals surface area contributed by atoms with Crippen LogP contribution in [0.3, 0.4) is 0 Å². The summed E-state index contributed by atoms with van der Waals surface area (Å²) in [5.41, 5.74) is 0. The van der Waals surface area contributed by atoms with Crippen molar-refractivity contribution in [2.45, 2.75) is 25.3 Å². The number of hydrogen-bond donors (Lipinski definition) is 3. The molecule has 0 aliphatic carbocycles. The van der Waals surface area contributed by atoms with E-state index in [0.29, 0.717) is 40.1 Å². The second-order valence-electron chi connectivity index (χ2n) is 5.64. The average Bonchev–Trinajstić information content (AvgIpc) is 2.60. The summed E-state index contributed by atoms with van der Waals surface area (Å²) in [6.07, 6.45) is 1.70. The molecule has 1 fully saturated rings. The summed E-state index contributed by atoms with van der Waals surface area (Å²) >= 11 is 17.4. The second kappa shape index (κ2) is 9.69. The van der Waals surface area contributed by atoms with Crippen LogP contribution in [0.25, 0.3) is 0 Å². The lowest BCUT2D eigenvalue weighted by Crippen LogP contribution is -2.43. The SMILES string of the molecule is O=C1CCCC(C(=O)O)N1.Oc1cc(Cl)ccc1Oc1ccc(Cl)cc1Cl. The average molecular weight is 433 g/mol. The van der Waals surface area contributed by atoms with E-state index in [1.807, 2.05) is 0 Å². The molecule has 1 saturated heterocycles. The molecule has 0 bridgehead atoms. The molecule has 1 amide bonds. The highest BCUT2D eigenvalue weighted by Crippen LogP contribution is 2.36. The van der Waals surface area contributed by atoms with E-state index in [-0.39, 0.29) is 17.4 Å². The maximum atomic E-state index is 10.6. The van der Waals surface area contributed by atoms with Crippen LogP contribution in [0.4, 0.5) is 0 Å². The van der Waals surface area contributed by atoms with Gasteiger partial charge >= 0.3 is 5.97 Å². The third-order valence-corrected chi connectivity index (χ3v) is 4.33. The first-order valence-electron chi connectivity index (χ1n) is 7.90. The Labute approximate surface area is 170 Å². The van der Waals surface area contributed by atoms with Gasteiger partial charge in [0.05, 0.1) is 5.02 Å². The zero-order valence-corrected chi connectivity index (χ0v) is 16.2. The van der Waals surface area contributed by atoms with E-state index < -0.39 is 12.0 Å². The number of halogens is 3. The van der Waals surface area contributed by atoms with Crippen LogP contribution in [0.2, 0.25) is 15.1 Å². The number of amides is 1. The Morgan fingerprint density at radius 1 is 1.07 bits per heavy atom. The fourth-order valence-electron chi connectivity index (χ4n) is 2.24. The molecule has 0 aromatic heterocycles. The summed E-state index contributed by atoms with van der Waals surface area (Å²) in [7, 11) is 0. The van der Waals surface area contributed by atoms with E-state index in [4.69, 9.17) is 44.6 Å². The normalized spacial score (nSPS) is 16.0. The standard InChI is InChI=1S/C12H7Cl3O2.C6H9NO3/c13-7-1-3-11(9(15)5-7)17-12-4-2-8(14)6-10(12)16;8-5-3-1-2-4(7-5)6(9)10/h1-6,16H;4H,1-3H2,(H,7,8)(H,9,10). The van der Waals surface area contributed by atoms with Gasteiger partial charge in [-0.25, -0.2) is 4.79 Å². The molecule has 9 heteroatoms. The fourth-order valence-corrected chi connectivity index (χ4v) is 2.86. The minimum Gasteiger partial charge on any atom is -0.504 e. The van der Waals surface area contributed by atoms with E-state index in [1.165, 1.54) is 6.07 Å². The zero-order valence-electron chi connectivity index (χ0n) is 13.9. The molecule has 27 heavy (non-hydrogen) atoms. The third kappa shape index (κ3) is 6.50. The molecule has 3 N–H and O–H groups in total. The summed E-state index contributed by atoms with van der Waals surface area (Å²) in [5, 5.41) is 21.7. The van der Waals surface area contributed by atoms with E-state index in [0.717, 1.165) is 0 Å². The minimum absolute atomic E-state index is 0.0523. The van der Waals surface area contributed by atoms with Gasteiger partial charge < -0.3 is 20.3 Å². The smallest absolute Gasteiger partial charge is 0.326 e. The van der Waals surface area contributed by atoms with Crippen LogP contribution >= 0.6 is 34.8 Å². The predicted octanol–water partition coefficient (Wildman–Crippen LogP) is 4.88. The molecule has 144 valence electrons. The molecule has 2 aromatic carbocycles. The highest BCUT2D eigenvalue weighted by molar-refractivity contribution is 6.35. The van der Waals surface area contributed by atoms with Crippen molar-refractivity contribution in [1.29, 1.82) is 0 Å². The topological polar surface area (TPSA) is 95.9 Å². The number of aliphatic carboxylic acids is 1. The van der Waals surface area contributed by atoms with Crippen LogP contribution in [0.5, 0.6) is 17.2 Å². The number of nitrogens with one attached hydrogen (secondary N) is 1. The predicted molar refractivity (Wildman–Crippen MR) is 103 cm³/mol. The zero-order chi connectivity index (χ0) is 20.0. The van der Waals surface area contributed by atoms with Crippen LogP contribution in [0.1, 0.15) is 19.3 Å². The Hall–Kier alpha value is -2.15. The first-order chi connectivity index (χ1) is 12.8. The van der Waals surface area contributed by atoms with E-state index in [9.17, 15) is 14.7 Å². The number of carbonyl (C=O) groups is 2. The van der Waals surface area contributed by atoms with Crippen molar-refractivity contribution in [3.63, 3.8) is 0 Å². The Balaban J connectivity index is 0.000000223. The molecular weight excluding hydrogens is 417 g/mol. The Morgan fingerprint density at radius 2 is 1.70 bits per heavy atom. The molecule has 0 radical (unpaired) electrons. The number of rotatable bonds is 3. The first-order valence-corrected chi connectivity index (χ1v) is 9.03. The summed E-state index contributed by atoms with van der Waals surface area (Å²) in [6, 6.07) is 8.74. The van der Waals surface area contributed by atoms with Gasteiger partial charge in [0, 0.05) is 22.5 Å². The van der Waals surface area contributed by atoms with Gasteiger partial charge in [0.1, 0.15) is 11.8 Å². The maximum Gasteiger partial charge on any atom is 0.326 e. The van der Waals surface area contributed by atoms with Crippen molar-refractivity contribution >= 4 is 46.7 Å². The van der Waals surface area contributed by atoms with Gasteiger partial charge in [0.15, 0.2) is 11.5 Å². The lowest BCUT2D eigenvalue weighted by atomic mass is 10.1.